The number of aromatic nitrogens is 2. The van der Waals surface area contributed by atoms with Crippen LogP contribution in [-0.2, 0) is 0 Å². The van der Waals surface area contributed by atoms with E-state index >= 15 is 8.78 Å². The van der Waals surface area contributed by atoms with Gasteiger partial charge in [-0.15, -0.1) is 0 Å². The largest absolute Gasteiger partial charge is 0.478 e. The zero-order valence-electron chi connectivity index (χ0n) is 24.4. The van der Waals surface area contributed by atoms with Gasteiger partial charge in [0.25, 0.3) is 6.01 Å². The lowest BCUT2D eigenvalue weighted by atomic mass is 9.98. The van der Waals surface area contributed by atoms with Gasteiger partial charge in [-0.2, -0.15) is 4.98 Å². The zero-order chi connectivity index (χ0) is 31.4. The van der Waals surface area contributed by atoms with Gasteiger partial charge in [-0.25, -0.2) is 13.6 Å². The number of hydrogen-bond donors (Lipinski definition) is 3. The number of nitrogens with zero attached hydrogens (tertiary/aromatic N) is 3. The topological polar surface area (TPSA) is 117 Å². The minimum Gasteiger partial charge on any atom is -0.478 e. The molecule has 0 saturated heterocycles. The molecular weight excluding hydrogens is 564 g/mol. The number of nitrogens with two attached hydrogens (primary N) is 1. The molecule has 0 fully saturated rings. The predicted octanol–water partition coefficient (Wildman–Crippen LogP) is 6.91. The minimum absolute atomic E-state index is 0.0649. The van der Waals surface area contributed by atoms with Crippen molar-refractivity contribution in [2.24, 2.45) is 10.7 Å². The van der Waals surface area contributed by atoms with Crippen molar-refractivity contribution in [2.45, 2.75) is 6.92 Å². The Kier molecular flexibility index (Phi) is 8.82. The smallest absolute Gasteiger partial charge is 0.336 e. The van der Waals surface area contributed by atoms with Crippen LogP contribution in [0, 0.1) is 18.6 Å². The van der Waals surface area contributed by atoms with Crippen LogP contribution in [0.5, 0.6) is 11.8 Å². The highest BCUT2D eigenvalue weighted by Crippen LogP contribution is 2.34. The summed E-state index contributed by atoms with van der Waals surface area (Å²) in [4.78, 5) is 24.7. The van der Waals surface area contributed by atoms with Gasteiger partial charge in [0.2, 0.25) is 0 Å². The summed E-state index contributed by atoms with van der Waals surface area (Å²) in [7, 11) is 3.99. The highest BCUT2D eigenvalue weighted by Gasteiger charge is 2.20. The summed E-state index contributed by atoms with van der Waals surface area (Å²) in [5.74, 6) is -2.52. The van der Waals surface area contributed by atoms with Crippen molar-refractivity contribution in [3.05, 3.63) is 107 Å². The SMILES string of the molecule is Cc1ccc(Oc2nc3c(F)c(-c4ccc(-c5ccc(/C(N)=C/C=NCCN(C)C)cc5)cc4)c(F)cc3[nH]2)cc1C(=O)O. The molecule has 5 rings (SSSR count). The molecule has 1 heterocycles. The fraction of sp³-hybridized carbons (Fsp3) is 0.147. The van der Waals surface area contributed by atoms with Crippen molar-refractivity contribution < 1.29 is 23.4 Å². The Balaban J connectivity index is 1.34. The molecule has 4 N–H and O–H groups in total. The molecule has 0 radical (unpaired) electrons. The number of nitrogens with one attached hydrogen (secondary N) is 1. The van der Waals surface area contributed by atoms with E-state index in [0.717, 1.165) is 29.3 Å². The van der Waals surface area contributed by atoms with Crippen LogP contribution in [0.25, 0.3) is 39.0 Å². The molecule has 8 nitrogen and oxygen atoms in total. The van der Waals surface area contributed by atoms with Crippen LogP contribution in [0.15, 0.2) is 83.9 Å². The number of aromatic carboxylic acids is 1. The molecule has 0 aliphatic rings. The quantitative estimate of drug-likeness (QED) is 0.151. The van der Waals surface area contributed by atoms with Gasteiger partial charge in [0.05, 0.1) is 23.2 Å². The first-order valence-corrected chi connectivity index (χ1v) is 13.8. The van der Waals surface area contributed by atoms with Gasteiger partial charge in [-0.3, -0.25) is 4.99 Å². The van der Waals surface area contributed by atoms with E-state index < -0.39 is 17.6 Å². The number of aliphatic imine (C=N–C) groups is 1. The Morgan fingerprint density at radius 1 is 1.02 bits per heavy atom. The molecule has 0 atom stereocenters. The fourth-order valence-corrected chi connectivity index (χ4v) is 4.62. The molecule has 0 unspecified atom stereocenters. The van der Waals surface area contributed by atoms with E-state index in [4.69, 9.17) is 10.5 Å². The maximum atomic E-state index is 15.6. The lowest BCUT2D eigenvalue weighted by molar-refractivity contribution is 0.0695. The second-order valence-electron chi connectivity index (χ2n) is 10.5. The number of carboxylic acids is 1. The number of fused-ring (bicyclic) bond motifs is 1. The van der Waals surface area contributed by atoms with Gasteiger partial charge in [0.1, 0.15) is 17.1 Å². The third kappa shape index (κ3) is 6.66. The molecule has 0 saturated carbocycles. The number of carboxylic acid groups (broad SMARTS) is 1. The monoisotopic (exact) mass is 595 g/mol. The maximum Gasteiger partial charge on any atom is 0.336 e. The molecule has 224 valence electrons. The molecule has 0 spiro atoms. The van der Waals surface area contributed by atoms with Gasteiger partial charge < -0.3 is 25.5 Å². The van der Waals surface area contributed by atoms with Crippen molar-refractivity contribution in [2.75, 3.05) is 27.2 Å². The molecule has 1 aromatic heterocycles. The number of benzene rings is 4. The minimum atomic E-state index is -1.10. The number of hydrogen-bond acceptors (Lipinski definition) is 6. The number of allylic oxidation sites excluding steroid dienone is 1. The van der Waals surface area contributed by atoms with Gasteiger partial charge in [0.15, 0.2) is 5.82 Å². The number of ether oxygens (including phenoxy) is 1. The highest BCUT2D eigenvalue weighted by molar-refractivity contribution is 5.90. The number of imidazole rings is 1. The highest BCUT2D eigenvalue weighted by atomic mass is 19.1. The van der Waals surface area contributed by atoms with E-state index in [1.165, 1.54) is 6.07 Å². The van der Waals surface area contributed by atoms with Gasteiger partial charge in [-0.1, -0.05) is 54.6 Å². The van der Waals surface area contributed by atoms with Crippen LogP contribution < -0.4 is 10.5 Å². The number of carbonyl (C=O) groups is 1. The van der Waals surface area contributed by atoms with E-state index in [1.54, 1.807) is 55.6 Å². The molecule has 0 amide bonds. The summed E-state index contributed by atoms with van der Waals surface area (Å²) in [6, 6.07) is 20.1. The Morgan fingerprint density at radius 2 is 1.68 bits per heavy atom. The number of halogens is 2. The first kappa shape index (κ1) is 30.1. The normalized spacial score (nSPS) is 12.0. The van der Waals surface area contributed by atoms with E-state index in [-0.39, 0.29) is 33.9 Å². The number of aryl methyl sites for hydroxylation is 1. The zero-order valence-corrected chi connectivity index (χ0v) is 24.4. The maximum absolute atomic E-state index is 15.6. The fourth-order valence-electron chi connectivity index (χ4n) is 4.62. The number of likely N-dealkylation sites (N-methyl/N-ethyl adjacent to an activating group) is 1. The van der Waals surface area contributed by atoms with Crippen LogP contribution in [0.2, 0.25) is 0 Å². The summed E-state index contributed by atoms with van der Waals surface area (Å²) in [6.07, 6.45) is 3.48. The van der Waals surface area contributed by atoms with Crippen LogP contribution >= 0.6 is 0 Å². The van der Waals surface area contributed by atoms with Crippen molar-refractivity contribution >= 4 is 28.9 Å². The molecule has 4 aromatic carbocycles. The summed E-state index contributed by atoms with van der Waals surface area (Å²) >= 11 is 0. The summed E-state index contributed by atoms with van der Waals surface area (Å²) in [6.45, 7) is 3.21. The Hall–Kier alpha value is -5.35. The standard InChI is InChI=1S/C34H31F2N5O3/c1-20-4-13-25(18-26(20)33(42)43)44-34-39-29-19-27(35)30(31(36)32(29)40-34)24-11-7-22(8-12-24)21-5-9-23(10-6-21)28(37)14-15-38-16-17-41(2)3/h4-15,18-19H,16-17,37H2,1-3H3,(H,39,40)(H,42,43)/b28-14-,38-15?. The Bertz CT molecular complexity index is 1880. The summed E-state index contributed by atoms with van der Waals surface area (Å²) < 4.78 is 36.4. The van der Waals surface area contributed by atoms with Crippen LogP contribution in [0.3, 0.4) is 0 Å². The van der Waals surface area contributed by atoms with Crippen LogP contribution in [-0.4, -0.2) is 59.3 Å². The second-order valence-corrected chi connectivity index (χ2v) is 10.5. The summed E-state index contributed by atoms with van der Waals surface area (Å²) in [5.41, 5.74) is 10.2. The van der Waals surface area contributed by atoms with Crippen molar-refractivity contribution in [1.82, 2.24) is 14.9 Å². The van der Waals surface area contributed by atoms with E-state index in [0.29, 0.717) is 23.4 Å². The van der Waals surface area contributed by atoms with Crippen LogP contribution in [0.1, 0.15) is 21.5 Å². The molecule has 0 aliphatic carbocycles. The molecule has 44 heavy (non-hydrogen) atoms. The van der Waals surface area contributed by atoms with Gasteiger partial charge >= 0.3 is 5.97 Å². The molecule has 0 aliphatic heterocycles. The van der Waals surface area contributed by atoms with Crippen LogP contribution in [0.4, 0.5) is 8.78 Å². The van der Waals surface area contributed by atoms with Gasteiger partial charge in [0, 0.05) is 24.5 Å². The first-order chi connectivity index (χ1) is 21.1. The molecule has 5 aromatic rings. The van der Waals surface area contributed by atoms with E-state index in [9.17, 15) is 9.90 Å². The summed E-state index contributed by atoms with van der Waals surface area (Å²) in [5, 5.41) is 9.36. The van der Waals surface area contributed by atoms with E-state index in [1.807, 2.05) is 38.4 Å². The number of aromatic amines is 1. The molecular formula is C34H31F2N5O3. The lowest BCUT2D eigenvalue weighted by Gasteiger charge is -2.09. The number of rotatable bonds is 10. The molecule has 10 heteroatoms. The third-order valence-electron chi connectivity index (χ3n) is 7.06. The average Bonchev–Trinajstić information content (AvgIpc) is 3.40. The van der Waals surface area contributed by atoms with Crippen molar-refractivity contribution in [3.63, 3.8) is 0 Å². The number of H-pyrrole nitrogens is 1. The Labute approximate surface area is 253 Å². The Morgan fingerprint density at radius 3 is 2.34 bits per heavy atom. The predicted molar refractivity (Wildman–Crippen MR) is 169 cm³/mol. The second kappa shape index (κ2) is 12.9. The van der Waals surface area contributed by atoms with Crippen molar-refractivity contribution in [3.8, 4) is 34.0 Å². The third-order valence-corrected chi connectivity index (χ3v) is 7.06. The van der Waals surface area contributed by atoms with E-state index in [2.05, 4.69) is 19.9 Å². The average molecular weight is 596 g/mol. The first-order valence-electron chi connectivity index (χ1n) is 13.8. The van der Waals surface area contributed by atoms with Crippen molar-refractivity contribution in [1.29, 1.82) is 0 Å². The lowest BCUT2D eigenvalue weighted by Crippen LogP contribution is -2.15. The van der Waals surface area contributed by atoms with Gasteiger partial charge in [-0.05, 0) is 67.0 Å². The molecule has 0 bridgehead atoms.